The molecule has 1 heterocycles. The van der Waals surface area contributed by atoms with E-state index in [0.29, 0.717) is 0 Å². The lowest BCUT2D eigenvalue weighted by Crippen LogP contribution is -2.15. The number of carbonyl (C=O) groups excluding carboxylic acids is 1. The summed E-state index contributed by atoms with van der Waals surface area (Å²) in [7, 11) is 0. The summed E-state index contributed by atoms with van der Waals surface area (Å²) < 4.78 is 26.0. The fraction of sp³-hybridized carbons (Fsp3) is 0.118. The lowest BCUT2D eigenvalue weighted by Gasteiger charge is -2.06. The van der Waals surface area contributed by atoms with E-state index in [9.17, 15) is 13.6 Å². The van der Waals surface area contributed by atoms with E-state index in [1.54, 1.807) is 0 Å². The third-order valence-electron chi connectivity index (χ3n) is 3.57. The van der Waals surface area contributed by atoms with Crippen LogP contribution in [0.5, 0.6) is 0 Å². The van der Waals surface area contributed by atoms with E-state index < -0.39 is 11.6 Å². The minimum Gasteiger partial charge on any atom is -0.358 e. The average Bonchev–Trinajstić information content (AvgIpc) is 2.79. The monoisotopic (exact) mass is 300 g/mol. The Bertz CT molecular complexity index is 855. The van der Waals surface area contributed by atoms with Gasteiger partial charge in [-0.3, -0.25) is 4.79 Å². The third-order valence-corrected chi connectivity index (χ3v) is 3.57. The van der Waals surface area contributed by atoms with Gasteiger partial charge in [0.05, 0.1) is 6.42 Å². The summed E-state index contributed by atoms with van der Waals surface area (Å²) in [5.41, 5.74) is 3.02. The second-order valence-electron chi connectivity index (χ2n) is 5.13. The van der Waals surface area contributed by atoms with Crippen LogP contribution >= 0.6 is 0 Å². The number of nitrogens with one attached hydrogen (secondary N) is 2. The van der Waals surface area contributed by atoms with E-state index in [1.165, 1.54) is 6.07 Å². The van der Waals surface area contributed by atoms with Crippen LogP contribution < -0.4 is 5.32 Å². The largest absolute Gasteiger partial charge is 0.358 e. The molecule has 0 saturated heterocycles. The number of anilines is 1. The van der Waals surface area contributed by atoms with Gasteiger partial charge in [-0.25, -0.2) is 8.78 Å². The van der Waals surface area contributed by atoms with E-state index in [-0.39, 0.29) is 18.0 Å². The van der Waals surface area contributed by atoms with Crippen LogP contribution in [0.15, 0.2) is 42.5 Å². The van der Waals surface area contributed by atoms with Gasteiger partial charge in [-0.15, -0.1) is 0 Å². The van der Waals surface area contributed by atoms with Crippen LogP contribution in [0.1, 0.15) is 11.3 Å². The molecule has 0 aliphatic rings. The Balaban J connectivity index is 1.81. The van der Waals surface area contributed by atoms with Crippen LogP contribution in [0.2, 0.25) is 0 Å². The van der Waals surface area contributed by atoms with Crippen molar-refractivity contribution in [2.24, 2.45) is 0 Å². The topological polar surface area (TPSA) is 44.9 Å². The Morgan fingerprint density at radius 1 is 1.14 bits per heavy atom. The second-order valence-corrected chi connectivity index (χ2v) is 5.13. The molecular weight excluding hydrogens is 286 g/mol. The van der Waals surface area contributed by atoms with Crippen LogP contribution in [-0.2, 0) is 11.2 Å². The Labute approximate surface area is 126 Å². The molecular formula is C17H14F2N2O. The van der Waals surface area contributed by atoms with Gasteiger partial charge < -0.3 is 10.3 Å². The first-order valence-electron chi connectivity index (χ1n) is 6.85. The second kappa shape index (κ2) is 5.60. The number of rotatable bonds is 3. The van der Waals surface area contributed by atoms with Crippen molar-refractivity contribution in [3.63, 3.8) is 0 Å². The zero-order chi connectivity index (χ0) is 15.7. The van der Waals surface area contributed by atoms with Crippen molar-refractivity contribution in [1.82, 2.24) is 4.98 Å². The summed E-state index contributed by atoms with van der Waals surface area (Å²) in [6.45, 7) is 1.90. The van der Waals surface area contributed by atoms with Crippen LogP contribution in [0.25, 0.3) is 10.9 Å². The van der Waals surface area contributed by atoms with Gasteiger partial charge in [0, 0.05) is 28.4 Å². The minimum absolute atomic E-state index is 0.162. The van der Waals surface area contributed by atoms with Crippen molar-refractivity contribution in [3.8, 4) is 0 Å². The SMILES string of the molecule is Cc1[nH]c2ccccc2c1CC(=O)Nc1ccc(F)c(F)c1. The van der Waals surface area contributed by atoms with E-state index in [0.717, 1.165) is 34.3 Å². The first-order valence-corrected chi connectivity index (χ1v) is 6.85. The van der Waals surface area contributed by atoms with E-state index >= 15 is 0 Å². The van der Waals surface area contributed by atoms with Crippen molar-refractivity contribution in [1.29, 1.82) is 0 Å². The third kappa shape index (κ3) is 2.70. The molecule has 5 heteroatoms. The number of H-pyrrole nitrogens is 1. The smallest absolute Gasteiger partial charge is 0.228 e. The molecule has 1 aromatic heterocycles. The fourth-order valence-electron chi connectivity index (χ4n) is 2.50. The van der Waals surface area contributed by atoms with Gasteiger partial charge in [0.15, 0.2) is 11.6 Å². The summed E-state index contributed by atoms with van der Waals surface area (Å²) in [4.78, 5) is 15.4. The normalized spacial score (nSPS) is 10.9. The number of aromatic amines is 1. The average molecular weight is 300 g/mol. The van der Waals surface area contributed by atoms with E-state index in [4.69, 9.17) is 0 Å². The highest BCUT2D eigenvalue weighted by molar-refractivity contribution is 5.96. The van der Waals surface area contributed by atoms with Gasteiger partial charge in [0.2, 0.25) is 5.91 Å². The van der Waals surface area contributed by atoms with Gasteiger partial charge in [0.1, 0.15) is 0 Å². The molecule has 3 aromatic rings. The van der Waals surface area contributed by atoms with E-state index in [1.807, 2.05) is 31.2 Å². The van der Waals surface area contributed by atoms with Crippen molar-refractivity contribution in [3.05, 3.63) is 65.4 Å². The minimum atomic E-state index is -0.985. The van der Waals surface area contributed by atoms with Crippen LogP contribution in [0.4, 0.5) is 14.5 Å². The zero-order valence-electron chi connectivity index (χ0n) is 11.9. The number of fused-ring (bicyclic) bond motifs is 1. The molecule has 3 rings (SSSR count). The Kier molecular flexibility index (Phi) is 3.63. The van der Waals surface area contributed by atoms with E-state index in [2.05, 4.69) is 10.3 Å². The summed E-state index contributed by atoms with van der Waals surface area (Å²) in [6.07, 6.45) is 0.162. The Morgan fingerprint density at radius 2 is 1.91 bits per heavy atom. The highest BCUT2D eigenvalue weighted by Gasteiger charge is 2.13. The molecule has 2 N–H and O–H groups in total. The first kappa shape index (κ1) is 14.3. The maximum atomic E-state index is 13.1. The summed E-state index contributed by atoms with van der Waals surface area (Å²) in [6, 6.07) is 11.0. The number of amides is 1. The van der Waals surface area contributed by atoms with Gasteiger partial charge in [-0.05, 0) is 30.7 Å². The molecule has 0 aliphatic carbocycles. The maximum absolute atomic E-state index is 13.1. The molecule has 1 amide bonds. The number of aryl methyl sites for hydroxylation is 1. The molecule has 2 aromatic carbocycles. The quantitative estimate of drug-likeness (QED) is 0.756. The molecule has 3 nitrogen and oxygen atoms in total. The van der Waals surface area contributed by atoms with Crippen molar-refractivity contribution in [2.75, 3.05) is 5.32 Å². The summed E-state index contributed by atoms with van der Waals surface area (Å²) in [5.74, 6) is -2.20. The molecule has 112 valence electrons. The Morgan fingerprint density at radius 3 is 2.68 bits per heavy atom. The van der Waals surface area contributed by atoms with Crippen LogP contribution in [0.3, 0.4) is 0 Å². The van der Waals surface area contributed by atoms with Crippen LogP contribution in [0, 0.1) is 18.6 Å². The number of hydrogen-bond acceptors (Lipinski definition) is 1. The predicted octanol–water partition coefficient (Wildman–Crippen LogP) is 3.94. The Hall–Kier alpha value is -2.69. The number of benzene rings is 2. The van der Waals surface area contributed by atoms with Crippen molar-refractivity contribution < 1.29 is 13.6 Å². The van der Waals surface area contributed by atoms with Crippen molar-refractivity contribution in [2.45, 2.75) is 13.3 Å². The van der Waals surface area contributed by atoms with Crippen molar-refractivity contribution >= 4 is 22.5 Å². The number of carbonyl (C=O) groups is 1. The maximum Gasteiger partial charge on any atom is 0.228 e. The number of aromatic nitrogens is 1. The molecule has 0 saturated carbocycles. The van der Waals surface area contributed by atoms with Gasteiger partial charge in [0.25, 0.3) is 0 Å². The molecule has 0 radical (unpaired) electrons. The highest BCUT2D eigenvalue weighted by Crippen LogP contribution is 2.23. The molecule has 0 spiro atoms. The standard InChI is InChI=1S/C17H14F2N2O/c1-10-13(12-4-2-3-5-16(12)20-10)9-17(22)21-11-6-7-14(18)15(19)8-11/h2-8,20H,9H2,1H3,(H,21,22). The fourth-order valence-corrected chi connectivity index (χ4v) is 2.50. The highest BCUT2D eigenvalue weighted by atomic mass is 19.2. The van der Waals surface area contributed by atoms with Gasteiger partial charge in [-0.2, -0.15) is 0 Å². The molecule has 22 heavy (non-hydrogen) atoms. The molecule has 0 fully saturated rings. The summed E-state index contributed by atoms with van der Waals surface area (Å²) in [5, 5.41) is 3.57. The lowest BCUT2D eigenvalue weighted by atomic mass is 10.1. The summed E-state index contributed by atoms with van der Waals surface area (Å²) >= 11 is 0. The lowest BCUT2D eigenvalue weighted by molar-refractivity contribution is -0.115. The van der Waals surface area contributed by atoms with Gasteiger partial charge >= 0.3 is 0 Å². The molecule has 0 unspecified atom stereocenters. The van der Waals surface area contributed by atoms with Crippen LogP contribution in [-0.4, -0.2) is 10.9 Å². The zero-order valence-corrected chi connectivity index (χ0v) is 11.9. The first-order chi connectivity index (χ1) is 10.5. The predicted molar refractivity (Wildman–Crippen MR) is 81.7 cm³/mol. The molecule has 0 bridgehead atoms. The number of hydrogen-bond donors (Lipinski definition) is 2. The number of para-hydroxylation sites is 1. The molecule has 0 aliphatic heterocycles. The number of halogens is 2. The molecule has 0 atom stereocenters. The van der Waals surface area contributed by atoms with Gasteiger partial charge in [-0.1, -0.05) is 18.2 Å².